The fourth-order valence-electron chi connectivity index (χ4n) is 4.02. The van der Waals surface area contributed by atoms with Crippen LogP contribution in [0.3, 0.4) is 0 Å². The molecule has 0 spiro atoms. The van der Waals surface area contributed by atoms with Crippen molar-refractivity contribution in [1.29, 1.82) is 0 Å². The van der Waals surface area contributed by atoms with E-state index >= 15 is 0 Å². The summed E-state index contributed by atoms with van der Waals surface area (Å²) in [5.74, 6) is 0.631. The average molecular weight is 432 g/mol. The first-order chi connectivity index (χ1) is 15.5. The lowest BCUT2D eigenvalue weighted by atomic mass is 10.00. The second kappa shape index (κ2) is 8.52. The summed E-state index contributed by atoms with van der Waals surface area (Å²) in [7, 11) is 0. The number of carbonyl (C=O) groups excluding carboxylic acids is 1. The fourth-order valence-corrected chi connectivity index (χ4v) is 4.02. The normalized spacial score (nSPS) is 14.9. The van der Waals surface area contributed by atoms with Gasteiger partial charge in [0.05, 0.1) is 6.10 Å². The third kappa shape index (κ3) is 4.25. The first-order valence-corrected chi connectivity index (χ1v) is 10.6. The third-order valence-corrected chi connectivity index (χ3v) is 5.66. The molecule has 0 aliphatic carbocycles. The minimum Gasteiger partial charge on any atom is -0.390 e. The summed E-state index contributed by atoms with van der Waals surface area (Å²) in [4.78, 5) is 23.4. The van der Waals surface area contributed by atoms with Crippen molar-refractivity contribution in [3.8, 4) is 11.4 Å². The Balaban J connectivity index is 1.18. The van der Waals surface area contributed by atoms with E-state index in [1.54, 1.807) is 29.8 Å². The lowest BCUT2D eigenvalue weighted by molar-refractivity contribution is 0.0838. The van der Waals surface area contributed by atoms with Crippen molar-refractivity contribution in [2.45, 2.75) is 26.0 Å². The topological polar surface area (TPSA) is 109 Å². The fraction of sp³-hybridized carbons (Fsp3) is 0.304. The Labute approximate surface area is 184 Å². The minimum absolute atomic E-state index is 0.165. The number of benzene rings is 1. The highest BCUT2D eigenvalue weighted by atomic mass is 16.5. The van der Waals surface area contributed by atoms with E-state index in [-0.39, 0.29) is 18.1 Å². The predicted octanol–water partition coefficient (Wildman–Crippen LogP) is 1.84. The number of pyridine rings is 1. The Kier molecular flexibility index (Phi) is 5.42. The van der Waals surface area contributed by atoms with Crippen molar-refractivity contribution in [2.24, 2.45) is 0 Å². The number of aliphatic hydroxyl groups is 1. The maximum absolute atomic E-state index is 12.6. The molecule has 164 valence electrons. The van der Waals surface area contributed by atoms with Crippen molar-refractivity contribution in [1.82, 2.24) is 29.7 Å². The van der Waals surface area contributed by atoms with Crippen molar-refractivity contribution in [3.05, 3.63) is 71.5 Å². The molecular formula is C23H24N6O3. The van der Waals surface area contributed by atoms with Gasteiger partial charge in [0.2, 0.25) is 11.7 Å². The van der Waals surface area contributed by atoms with E-state index in [0.717, 1.165) is 25.1 Å². The summed E-state index contributed by atoms with van der Waals surface area (Å²) >= 11 is 0. The number of hydrogen-bond acceptors (Lipinski definition) is 7. The second-order valence-electron chi connectivity index (χ2n) is 8.06. The van der Waals surface area contributed by atoms with Gasteiger partial charge >= 0.3 is 0 Å². The zero-order valence-corrected chi connectivity index (χ0v) is 17.7. The lowest BCUT2D eigenvalue weighted by Crippen LogP contribution is -2.42. The molecule has 5 rings (SSSR count). The largest absolute Gasteiger partial charge is 0.390 e. The summed E-state index contributed by atoms with van der Waals surface area (Å²) in [6.07, 6.45) is 3.77. The number of β-amino-alcohol motifs (C(OH)–C–C–N with tert-alkyl or cyclic N) is 1. The molecule has 1 aliphatic rings. The first-order valence-electron chi connectivity index (χ1n) is 10.6. The van der Waals surface area contributed by atoms with Crippen LogP contribution in [0.2, 0.25) is 0 Å². The highest BCUT2D eigenvalue weighted by Crippen LogP contribution is 2.19. The van der Waals surface area contributed by atoms with Gasteiger partial charge < -0.3 is 19.3 Å². The summed E-state index contributed by atoms with van der Waals surface area (Å²) in [5.41, 5.74) is 4.31. The first kappa shape index (κ1) is 20.3. The van der Waals surface area contributed by atoms with Gasteiger partial charge in [-0.05, 0) is 29.7 Å². The highest BCUT2D eigenvalue weighted by Gasteiger charge is 2.19. The Morgan fingerprint density at radius 2 is 2.09 bits per heavy atom. The zero-order chi connectivity index (χ0) is 22.1. The molecule has 2 N–H and O–H groups in total. The summed E-state index contributed by atoms with van der Waals surface area (Å²) < 4.78 is 6.78. The van der Waals surface area contributed by atoms with Crippen molar-refractivity contribution >= 4 is 11.6 Å². The molecule has 0 unspecified atom stereocenters. The second-order valence-corrected chi connectivity index (χ2v) is 8.06. The van der Waals surface area contributed by atoms with Crippen LogP contribution < -0.4 is 5.32 Å². The standard InChI is InChI=1S/C23H24N6O3/c1-15-25-22(27-32-15)17-7-9-29-14-20(26-21(29)10-17)23(31)24-11-19(30)13-28-8-6-16-4-2-3-5-18(16)12-28/h2-5,7,9-10,14,19,30H,6,8,11-13H2,1H3,(H,24,31)/t19-/m0/s1. The van der Waals surface area contributed by atoms with Crippen molar-refractivity contribution in [3.63, 3.8) is 0 Å². The molecule has 0 radical (unpaired) electrons. The van der Waals surface area contributed by atoms with Crippen LogP contribution in [0.15, 0.2) is 53.3 Å². The lowest BCUT2D eigenvalue weighted by Gasteiger charge is -2.30. The Hall–Kier alpha value is -3.56. The average Bonchev–Trinajstić information content (AvgIpc) is 3.43. The summed E-state index contributed by atoms with van der Waals surface area (Å²) in [6, 6.07) is 12.0. The number of carbonyl (C=O) groups is 1. The molecule has 0 saturated heterocycles. The summed E-state index contributed by atoms with van der Waals surface area (Å²) in [5, 5.41) is 17.1. The highest BCUT2D eigenvalue weighted by molar-refractivity contribution is 5.93. The van der Waals surface area contributed by atoms with E-state index in [9.17, 15) is 9.90 Å². The van der Waals surface area contributed by atoms with Gasteiger partial charge in [-0.25, -0.2) is 4.98 Å². The van der Waals surface area contributed by atoms with E-state index in [0.29, 0.717) is 23.9 Å². The molecule has 3 aromatic heterocycles. The van der Waals surface area contributed by atoms with Crippen LogP contribution in [0.4, 0.5) is 0 Å². The van der Waals surface area contributed by atoms with Gasteiger partial charge in [-0.3, -0.25) is 9.69 Å². The number of rotatable bonds is 6. The van der Waals surface area contributed by atoms with Gasteiger partial charge in [-0.15, -0.1) is 0 Å². The van der Waals surface area contributed by atoms with Gasteiger partial charge in [0.25, 0.3) is 5.91 Å². The van der Waals surface area contributed by atoms with E-state index in [2.05, 4.69) is 43.5 Å². The third-order valence-electron chi connectivity index (χ3n) is 5.66. The number of aromatic nitrogens is 4. The van der Waals surface area contributed by atoms with Gasteiger partial charge in [-0.2, -0.15) is 4.98 Å². The van der Waals surface area contributed by atoms with Crippen LogP contribution in [-0.2, 0) is 13.0 Å². The number of nitrogens with zero attached hydrogens (tertiary/aromatic N) is 5. The van der Waals surface area contributed by atoms with E-state index in [4.69, 9.17) is 4.52 Å². The van der Waals surface area contributed by atoms with E-state index < -0.39 is 6.10 Å². The predicted molar refractivity (Wildman–Crippen MR) is 117 cm³/mol. The van der Waals surface area contributed by atoms with Crippen LogP contribution in [0.1, 0.15) is 27.5 Å². The van der Waals surface area contributed by atoms with Gasteiger partial charge in [0.1, 0.15) is 11.3 Å². The summed E-state index contributed by atoms with van der Waals surface area (Å²) in [6.45, 7) is 4.11. The van der Waals surface area contributed by atoms with Crippen LogP contribution in [0.5, 0.6) is 0 Å². The van der Waals surface area contributed by atoms with Gasteiger partial charge in [0.15, 0.2) is 0 Å². The molecular weight excluding hydrogens is 408 g/mol. The number of imidazole rings is 1. The van der Waals surface area contributed by atoms with Crippen molar-refractivity contribution < 1.29 is 14.4 Å². The van der Waals surface area contributed by atoms with E-state index in [1.165, 1.54) is 11.1 Å². The molecule has 0 fully saturated rings. The Bertz CT molecular complexity index is 1260. The Morgan fingerprint density at radius 1 is 1.25 bits per heavy atom. The molecule has 0 saturated carbocycles. The number of fused-ring (bicyclic) bond motifs is 2. The van der Waals surface area contributed by atoms with Gasteiger partial charge in [-0.1, -0.05) is 29.4 Å². The van der Waals surface area contributed by atoms with Crippen LogP contribution in [-0.4, -0.2) is 61.2 Å². The molecule has 4 aromatic rings. The van der Waals surface area contributed by atoms with Crippen LogP contribution >= 0.6 is 0 Å². The number of aryl methyl sites for hydroxylation is 1. The number of aliphatic hydroxyl groups excluding tert-OH is 1. The van der Waals surface area contributed by atoms with Crippen molar-refractivity contribution in [2.75, 3.05) is 19.6 Å². The monoisotopic (exact) mass is 432 g/mol. The number of amides is 1. The molecule has 1 aromatic carbocycles. The maximum atomic E-state index is 12.6. The molecule has 1 atom stereocenters. The minimum atomic E-state index is -0.658. The zero-order valence-electron chi connectivity index (χ0n) is 17.7. The molecule has 9 nitrogen and oxygen atoms in total. The van der Waals surface area contributed by atoms with Crippen LogP contribution in [0.25, 0.3) is 17.0 Å². The van der Waals surface area contributed by atoms with E-state index in [1.807, 2.05) is 12.1 Å². The number of hydrogen-bond donors (Lipinski definition) is 2. The number of nitrogens with one attached hydrogen (secondary N) is 1. The molecule has 4 heterocycles. The smallest absolute Gasteiger partial charge is 0.271 e. The van der Waals surface area contributed by atoms with Gasteiger partial charge in [0, 0.05) is 51.1 Å². The molecule has 32 heavy (non-hydrogen) atoms. The maximum Gasteiger partial charge on any atom is 0.271 e. The molecule has 1 amide bonds. The van der Waals surface area contributed by atoms with Crippen LogP contribution in [0, 0.1) is 6.92 Å². The molecule has 1 aliphatic heterocycles. The molecule has 9 heteroatoms. The Morgan fingerprint density at radius 3 is 2.91 bits per heavy atom. The quantitative estimate of drug-likeness (QED) is 0.479. The molecule has 0 bridgehead atoms. The SMILES string of the molecule is Cc1nc(-c2ccn3cc(C(=O)NC[C@H](O)CN4CCc5ccccc5C4)nc3c2)no1.